The van der Waals surface area contributed by atoms with Crippen LogP contribution >= 0.6 is 0 Å². The van der Waals surface area contributed by atoms with Crippen molar-refractivity contribution in [2.45, 2.75) is 33.6 Å². The van der Waals surface area contributed by atoms with E-state index >= 15 is 0 Å². The monoisotopic (exact) mass is 402 g/mol. The number of fused-ring (bicyclic) bond motifs is 1. The molecule has 0 saturated heterocycles. The SMILES string of the molecule is C\C=C/C=C\C=C(C)\C(=C/C=C(\C)C1=CCc2ccc(O)cc2CC=C1)C(=O)OC. The summed E-state index contributed by atoms with van der Waals surface area (Å²) in [6.07, 6.45) is 21.3. The number of hydrogen-bond donors (Lipinski definition) is 1. The minimum Gasteiger partial charge on any atom is -0.508 e. The van der Waals surface area contributed by atoms with E-state index in [-0.39, 0.29) is 5.97 Å². The molecule has 3 heteroatoms. The molecule has 0 spiro atoms. The molecule has 0 saturated carbocycles. The van der Waals surface area contributed by atoms with Gasteiger partial charge in [-0.25, -0.2) is 4.79 Å². The minimum atomic E-state index is -0.358. The molecule has 0 heterocycles. The Balaban J connectivity index is 2.29. The lowest BCUT2D eigenvalue weighted by atomic mass is 9.94. The molecule has 1 N–H and O–H groups in total. The third kappa shape index (κ3) is 6.63. The van der Waals surface area contributed by atoms with Crippen molar-refractivity contribution >= 4 is 5.97 Å². The molecule has 0 aromatic heterocycles. The average Bonchev–Trinajstić information content (AvgIpc) is 2.72. The number of ether oxygens (including phenoxy) is 1. The predicted octanol–water partition coefficient (Wildman–Crippen LogP) is 6.10. The van der Waals surface area contributed by atoms with Gasteiger partial charge in [-0.15, -0.1) is 0 Å². The quantitative estimate of drug-likeness (QED) is 0.355. The van der Waals surface area contributed by atoms with Crippen LogP contribution in [0.1, 0.15) is 31.9 Å². The number of aromatic hydroxyl groups is 1. The number of allylic oxidation sites excluding steroid dienone is 12. The molecule has 156 valence electrons. The molecule has 0 unspecified atom stereocenters. The van der Waals surface area contributed by atoms with Gasteiger partial charge < -0.3 is 9.84 Å². The van der Waals surface area contributed by atoms with E-state index in [1.807, 2.05) is 75.4 Å². The Morgan fingerprint density at radius 3 is 2.57 bits per heavy atom. The highest BCUT2D eigenvalue weighted by molar-refractivity contribution is 5.93. The van der Waals surface area contributed by atoms with Crippen LogP contribution in [0.2, 0.25) is 0 Å². The fraction of sp³-hybridized carbons (Fsp3) is 0.222. The van der Waals surface area contributed by atoms with Gasteiger partial charge >= 0.3 is 5.97 Å². The van der Waals surface area contributed by atoms with Crippen molar-refractivity contribution in [3.05, 3.63) is 112 Å². The summed E-state index contributed by atoms with van der Waals surface area (Å²) >= 11 is 0. The van der Waals surface area contributed by atoms with Gasteiger partial charge in [-0.3, -0.25) is 0 Å². The Kier molecular flexibility index (Phi) is 8.89. The predicted molar refractivity (Wildman–Crippen MR) is 124 cm³/mol. The van der Waals surface area contributed by atoms with Gasteiger partial charge in [0.25, 0.3) is 0 Å². The van der Waals surface area contributed by atoms with E-state index in [1.54, 1.807) is 6.07 Å². The Morgan fingerprint density at radius 2 is 1.83 bits per heavy atom. The standard InChI is InChI=1S/C27H30O3/c1-5-6-7-8-10-21(3)26(27(29)30-4)18-13-20(2)22-11-9-12-24-19-25(28)17-16-23(24)15-14-22/h5-11,13-14,16-19,28H,12,15H2,1-4H3/b6-5-,8-7-,11-9?,20-13+,21-10+,22-14?,26-18+. The number of phenols is 1. The van der Waals surface area contributed by atoms with Crippen molar-refractivity contribution in [2.24, 2.45) is 0 Å². The summed E-state index contributed by atoms with van der Waals surface area (Å²) < 4.78 is 4.96. The minimum absolute atomic E-state index is 0.299. The van der Waals surface area contributed by atoms with Crippen molar-refractivity contribution in [2.75, 3.05) is 7.11 Å². The third-order valence-corrected chi connectivity index (χ3v) is 4.91. The van der Waals surface area contributed by atoms with Crippen molar-refractivity contribution in [1.29, 1.82) is 0 Å². The summed E-state index contributed by atoms with van der Waals surface area (Å²) in [5, 5.41) is 9.70. The highest BCUT2D eigenvalue weighted by Crippen LogP contribution is 2.23. The van der Waals surface area contributed by atoms with Gasteiger partial charge in [0.05, 0.1) is 12.7 Å². The third-order valence-electron chi connectivity index (χ3n) is 4.91. The van der Waals surface area contributed by atoms with Crippen molar-refractivity contribution < 1.29 is 14.6 Å². The lowest BCUT2D eigenvalue weighted by molar-refractivity contribution is -0.135. The van der Waals surface area contributed by atoms with E-state index < -0.39 is 0 Å². The topological polar surface area (TPSA) is 46.5 Å². The maximum Gasteiger partial charge on any atom is 0.338 e. The summed E-state index contributed by atoms with van der Waals surface area (Å²) in [5.41, 5.74) is 5.89. The normalized spacial score (nSPS) is 15.7. The van der Waals surface area contributed by atoms with Gasteiger partial charge in [0.15, 0.2) is 0 Å². The van der Waals surface area contributed by atoms with Crippen LogP contribution in [0.4, 0.5) is 0 Å². The molecule has 2 rings (SSSR count). The second-order valence-corrected chi connectivity index (χ2v) is 7.11. The number of hydrogen-bond acceptors (Lipinski definition) is 3. The fourth-order valence-corrected chi connectivity index (χ4v) is 3.13. The zero-order valence-corrected chi connectivity index (χ0v) is 18.2. The van der Waals surface area contributed by atoms with Crippen LogP contribution in [0.5, 0.6) is 5.75 Å². The largest absolute Gasteiger partial charge is 0.508 e. The second kappa shape index (κ2) is 11.6. The van der Waals surface area contributed by atoms with Crippen LogP contribution in [0.25, 0.3) is 0 Å². The molecule has 1 aromatic carbocycles. The molecular formula is C27H30O3. The molecule has 1 aliphatic carbocycles. The lowest BCUT2D eigenvalue weighted by Gasteiger charge is -2.11. The van der Waals surface area contributed by atoms with Gasteiger partial charge in [-0.1, -0.05) is 60.8 Å². The number of esters is 1. The zero-order valence-electron chi connectivity index (χ0n) is 18.2. The summed E-state index contributed by atoms with van der Waals surface area (Å²) in [7, 11) is 1.39. The number of benzene rings is 1. The molecule has 0 atom stereocenters. The van der Waals surface area contributed by atoms with Gasteiger partial charge in [0.1, 0.15) is 5.75 Å². The molecule has 0 radical (unpaired) electrons. The molecule has 30 heavy (non-hydrogen) atoms. The van der Waals surface area contributed by atoms with E-state index in [2.05, 4.69) is 18.2 Å². The number of carbonyl (C=O) groups is 1. The highest BCUT2D eigenvalue weighted by Gasteiger charge is 2.11. The summed E-state index contributed by atoms with van der Waals surface area (Å²) in [4.78, 5) is 12.2. The molecule has 0 fully saturated rings. The van der Waals surface area contributed by atoms with E-state index in [0.717, 1.165) is 35.1 Å². The first-order valence-electron chi connectivity index (χ1n) is 10.1. The molecule has 3 nitrogen and oxygen atoms in total. The Hall–Kier alpha value is -3.33. The molecule has 0 aliphatic heterocycles. The van der Waals surface area contributed by atoms with E-state index in [0.29, 0.717) is 11.3 Å². The van der Waals surface area contributed by atoms with E-state index in [1.165, 1.54) is 12.7 Å². The van der Waals surface area contributed by atoms with E-state index in [4.69, 9.17) is 4.74 Å². The van der Waals surface area contributed by atoms with Gasteiger partial charge in [0, 0.05) is 0 Å². The zero-order chi connectivity index (χ0) is 21.9. The van der Waals surface area contributed by atoms with Gasteiger partial charge in [0.2, 0.25) is 0 Å². The maximum absolute atomic E-state index is 12.2. The van der Waals surface area contributed by atoms with Crippen LogP contribution in [-0.2, 0) is 22.4 Å². The van der Waals surface area contributed by atoms with Gasteiger partial charge in [-0.2, -0.15) is 0 Å². The molecule has 1 aromatic rings. The first kappa shape index (κ1) is 23.0. The first-order valence-corrected chi connectivity index (χ1v) is 10.1. The first-order chi connectivity index (χ1) is 14.5. The summed E-state index contributed by atoms with van der Waals surface area (Å²) in [6, 6.07) is 5.53. The van der Waals surface area contributed by atoms with Crippen LogP contribution in [-0.4, -0.2) is 18.2 Å². The van der Waals surface area contributed by atoms with Crippen molar-refractivity contribution in [1.82, 2.24) is 0 Å². The maximum atomic E-state index is 12.2. The number of carbonyl (C=O) groups excluding carboxylic acids is 1. The molecule has 0 amide bonds. The smallest absolute Gasteiger partial charge is 0.338 e. The number of rotatable bonds is 6. The summed E-state index contributed by atoms with van der Waals surface area (Å²) in [6.45, 7) is 5.88. The number of methoxy groups -OCH3 is 1. The highest BCUT2D eigenvalue weighted by atomic mass is 16.5. The number of phenolic OH excluding ortho intramolecular Hbond substituents is 1. The van der Waals surface area contributed by atoms with Crippen LogP contribution in [0.15, 0.2) is 101 Å². The van der Waals surface area contributed by atoms with Gasteiger partial charge in [-0.05, 0) is 79.7 Å². The van der Waals surface area contributed by atoms with Crippen molar-refractivity contribution in [3.63, 3.8) is 0 Å². The van der Waals surface area contributed by atoms with Crippen LogP contribution < -0.4 is 0 Å². The molecule has 0 bridgehead atoms. The Morgan fingerprint density at radius 1 is 1.03 bits per heavy atom. The lowest BCUT2D eigenvalue weighted by Crippen LogP contribution is -2.05. The van der Waals surface area contributed by atoms with Crippen molar-refractivity contribution in [3.8, 4) is 5.75 Å². The Bertz CT molecular complexity index is 979. The fourth-order valence-electron chi connectivity index (χ4n) is 3.13. The van der Waals surface area contributed by atoms with E-state index in [9.17, 15) is 9.90 Å². The molecular weight excluding hydrogens is 372 g/mol. The Labute approximate surface area is 179 Å². The second-order valence-electron chi connectivity index (χ2n) is 7.11. The van der Waals surface area contributed by atoms with Crippen LogP contribution in [0.3, 0.4) is 0 Å². The van der Waals surface area contributed by atoms with Crippen LogP contribution in [0, 0.1) is 0 Å². The summed E-state index contributed by atoms with van der Waals surface area (Å²) in [5.74, 6) is -0.0596. The average molecular weight is 403 g/mol. The molecule has 1 aliphatic rings.